The average Bonchev–Trinajstić information content (AvgIpc) is 3.00. The maximum absolute atomic E-state index is 13.8. The van der Waals surface area contributed by atoms with Crippen LogP contribution in [0.2, 0.25) is 0 Å². The summed E-state index contributed by atoms with van der Waals surface area (Å²) in [5.74, 6) is -12.7. The minimum Gasteiger partial charge on any atom is -0.378 e. The van der Waals surface area contributed by atoms with Crippen LogP contribution in [0.15, 0.2) is 24.3 Å². The van der Waals surface area contributed by atoms with E-state index in [-0.39, 0.29) is 36.9 Å². The average molecular weight is 647 g/mol. The number of nitrogens with zero attached hydrogens (tertiary/aromatic N) is 2. The number of likely N-dealkylation sites (tertiary alicyclic amines) is 1. The number of Topliss-reactive ketones (excluding diaryl/α,β-unsaturated/α-hetero) is 1. The fraction of sp³-hybridized carbons (Fsp3) is 0.633. The zero-order valence-electron chi connectivity index (χ0n) is 25.6. The van der Waals surface area contributed by atoms with E-state index >= 15 is 0 Å². The van der Waals surface area contributed by atoms with Gasteiger partial charge in [0.15, 0.2) is 0 Å². The number of ketones is 1. The van der Waals surface area contributed by atoms with E-state index in [2.05, 4.69) is 10.6 Å². The second-order valence-corrected chi connectivity index (χ2v) is 12.0. The molecule has 2 aliphatic heterocycles. The zero-order valence-corrected chi connectivity index (χ0v) is 25.6. The predicted octanol–water partition coefficient (Wildman–Crippen LogP) is 3.06. The normalized spacial score (nSPS) is 19.2. The van der Waals surface area contributed by atoms with Crippen molar-refractivity contribution in [1.82, 2.24) is 20.4 Å². The van der Waals surface area contributed by atoms with Crippen LogP contribution < -0.4 is 10.6 Å². The van der Waals surface area contributed by atoms with Crippen molar-refractivity contribution in [1.29, 1.82) is 0 Å². The van der Waals surface area contributed by atoms with Gasteiger partial charge in [-0.1, -0.05) is 27.7 Å². The van der Waals surface area contributed by atoms with Crippen LogP contribution in [0.1, 0.15) is 61.3 Å². The molecule has 2 unspecified atom stereocenters. The van der Waals surface area contributed by atoms with Crippen molar-refractivity contribution in [2.45, 2.75) is 64.7 Å². The molecule has 3 rings (SSSR count). The Morgan fingerprint density at radius 2 is 1.36 bits per heavy atom. The second kappa shape index (κ2) is 14.6. The number of amides is 4. The van der Waals surface area contributed by atoms with Gasteiger partial charge in [0, 0.05) is 37.3 Å². The van der Waals surface area contributed by atoms with E-state index in [9.17, 15) is 45.9 Å². The molecule has 2 fully saturated rings. The van der Waals surface area contributed by atoms with Gasteiger partial charge in [0.25, 0.3) is 11.8 Å². The van der Waals surface area contributed by atoms with Crippen molar-refractivity contribution in [3.63, 3.8) is 0 Å². The van der Waals surface area contributed by atoms with Gasteiger partial charge in [-0.3, -0.25) is 24.0 Å². The van der Waals surface area contributed by atoms with Gasteiger partial charge in [-0.25, -0.2) is 0 Å². The molecule has 0 radical (unpaired) electrons. The lowest BCUT2D eigenvalue weighted by atomic mass is 9.92. The first-order chi connectivity index (χ1) is 21.0. The summed E-state index contributed by atoms with van der Waals surface area (Å²) in [6, 6.07) is 2.88. The number of nitrogens with one attached hydrogen (secondary N) is 2. The Bertz CT molecular complexity index is 1250. The van der Waals surface area contributed by atoms with Crippen LogP contribution >= 0.6 is 0 Å². The SMILES string of the molecule is CC(C)C(NC(=O)C1CCCN(C(=O)[C@@H](NC(=O)c2ccc(C(=O)N3CCOCC3)cc2)C(C)C)C1)C(=O)C(F)(F)C(F)(F)F. The molecule has 250 valence electrons. The molecule has 0 spiro atoms. The molecule has 2 heterocycles. The molecule has 3 atom stereocenters. The van der Waals surface area contributed by atoms with E-state index in [1.54, 1.807) is 18.7 Å². The van der Waals surface area contributed by atoms with Crippen LogP contribution in [0.3, 0.4) is 0 Å². The quantitative estimate of drug-likeness (QED) is 0.377. The highest BCUT2D eigenvalue weighted by Crippen LogP contribution is 2.37. The van der Waals surface area contributed by atoms with Crippen LogP contribution in [-0.4, -0.2) is 103 Å². The summed E-state index contributed by atoms with van der Waals surface area (Å²) in [5.41, 5.74) is 0.606. The lowest BCUT2D eigenvalue weighted by Crippen LogP contribution is -2.58. The summed E-state index contributed by atoms with van der Waals surface area (Å²) >= 11 is 0. The summed E-state index contributed by atoms with van der Waals surface area (Å²) in [4.78, 5) is 67.4. The first-order valence-corrected chi connectivity index (χ1v) is 14.8. The highest BCUT2D eigenvalue weighted by molar-refractivity contribution is 6.00. The van der Waals surface area contributed by atoms with Crippen molar-refractivity contribution in [3.8, 4) is 0 Å². The molecule has 0 bridgehead atoms. The molecule has 2 aliphatic rings. The number of benzene rings is 1. The smallest absolute Gasteiger partial charge is 0.378 e. The first kappa shape index (κ1) is 35.9. The van der Waals surface area contributed by atoms with Crippen molar-refractivity contribution >= 4 is 29.4 Å². The van der Waals surface area contributed by atoms with E-state index in [0.29, 0.717) is 38.3 Å². The fourth-order valence-electron chi connectivity index (χ4n) is 5.18. The largest absolute Gasteiger partial charge is 0.461 e. The third-order valence-electron chi connectivity index (χ3n) is 7.93. The molecule has 2 saturated heterocycles. The standard InChI is InChI=1S/C30H39F5N4O6/c1-17(2)22(24(40)29(31,32)30(33,34)35)36-26(42)21-6-5-11-39(16-21)28(44)23(18(3)4)37-25(41)19-7-9-20(10-8-19)27(43)38-12-14-45-15-13-38/h7-10,17-18,21-23H,5-6,11-16H2,1-4H3,(H,36,42)(H,37,41)/t21?,22?,23-/m0/s1. The lowest BCUT2D eigenvalue weighted by Gasteiger charge is -2.36. The number of carbonyl (C=O) groups excluding carboxylic acids is 5. The van der Waals surface area contributed by atoms with Gasteiger partial charge in [-0.2, -0.15) is 22.0 Å². The molecule has 15 heteroatoms. The summed E-state index contributed by atoms with van der Waals surface area (Å²) in [6.45, 7) is 7.73. The minimum absolute atomic E-state index is 0.184. The summed E-state index contributed by atoms with van der Waals surface area (Å²) in [5, 5.41) is 4.75. The summed E-state index contributed by atoms with van der Waals surface area (Å²) < 4.78 is 71.3. The van der Waals surface area contributed by atoms with Crippen molar-refractivity contribution in [2.75, 3.05) is 39.4 Å². The van der Waals surface area contributed by atoms with Gasteiger partial charge >= 0.3 is 12.1 Å². The monoisotopic (exact) mass is 646 g/mol. The van der Waals surface area contributed by atoms with E-state index in [1.165, 1.54) is 43.0 Å². The maximum atomic E-state index is 13.8. The third kappa shape index (κ3) is 8.56. The van der Waals surface area contributed by atoms with Crippen LogP contribution in [0.5, 0.6) is 0 Å². The van der Waals surface area contributed by atoms with Crippen LogP contribution in [0.4, 0.5) is 22.0 Å². The molecular weight excluding hydrogens is 607 g/mol. The van der Waals surface area contributed by atoms with Crippen molar-refractivity contribution < 1.29 is 50.7 Å². The number of ether oxygens (including phenoxy) is 1. The summed E-state index contributed by atoms with van der Waals surface area (Å²) in [7, 11) is 0. The van der Waals surface area contributed by atoms with Crippen LogP contribution in [0, 0.1) is 17.8 Å². The number of halogens is 5. The Morgan fingerprint density at radius 1 is 0.800 bits per heavy atom. The third-order valence-corrected chi connectivity index (χ3v) is 7.93. The topological polar surface area (TPSA) is 125 Å². The maximum Gasteiger partial charge on any atom is 0.461 e. The number of alkyl halides is 5. The van der Waals surface area contributed by atoms with Crippen LogP contribution in [-0.2, 0) is 19.1 Å². The Kier molecular flexibility index (Phi) is 11.7. The highest BCUT2D eigenvalue weighted by Gasteiger charge is 2.64. The Labute approximate surface area is 258 Å². The predicted molar refractivity (Wildman–Crippen MR) is 151 cm³/mol. The molecule has 1 aromatic carbocycles. The Hall–Kier alpha value is -3.62. The second-order valence-electron chi connectivity index (χ2n) is 12.0. The number of hydrogen-bond donors (Lipinski definition) is 2. The number of rotatable bonds is 10. The summed E-state index contributed by atoms with van der Waals surface area (Å²) in [6.07, 6.45) is -5.59. The van der Waals surface area contributed by atoms with E-state index in [4.69, 9.17) is 4.74 Å². The minimum atomic E-state index is -6.12. The van der Waals surface area contributed by atoms with E-state index < -0.39 is 59.5 Å². The molecule has 1 aromatic rings. The molecule has 4 amide bonds. The number of morpholine rings is 1. The van der Waals surface area contributed by atoms with Crippen molar-refractivity contribution in [2.24, 2.45) is 17.8 Å². The lowest BCUT2D eigenvalue weighted by molar-refractivity contribution is -0.270. The fourth-order valence-corrected chi connectivity index (χ4v) is 5.18. The molecule has 2 N–H and O–H groups in total. The molecular formula is C30H39F5N4O6. The molecule has 0 aliphatic carbocycles. The number of hydrogen-bond acceptors (Lipinski definition) is 6. The van der Waals surface area contributed by atoms with Crippen LogP contribution in [0.25, 0.3) is 0 Å². The van der Waals surface area contributed by atoms with Gasteiger partial charge in [0.1, 0.15) is 6.04 Å². The molecule has 0 saturated carbocycles. The van der Waals surface area contributed by atoms with Gasteiger partial charge in [-0.15, -0.1) is 0 Å². The Balaban J connectivity index is 1.66. The first-order valence-electron chi connectivity index (χ1n) is 14.8. The molecule has 45 heavy (non-hydrogen) atoms. The number of piperidine rings is 1. The zero-order chi connectivity index (χ0) is 33.7. The number of carbonyl (C=O) groups is 5. The van der Waals surface area contributed by atoms with Gasteiger partial charge in [0.2, 0.25) is 17.6 Å². The van der Waals surface area contributed by atoms with Gasteiger partial charge < -0.3 is 25.2 Å². The molecule has 10 nitrogen and oxygen atoms in total. The Morgan fingerprint density at radius 3 is 1.89 bits per heavy atom. The van der Waals surface area contributed by atoms with E-state index in [0.717, 1.165) is 0 Å². The van der Waals surface area contributed by atoms with Gasteiger partial charge in [-0.05, 0) is 48.9 Å². The highest BCUT2D eigenvalue weighted by atomic mass is 19.4. The molecule has 0 aromatic heterocycles. The van der Waals surface area contributed by atoms with Crippen molar-refractivity contribution in [3.05, 3.63) is 35.4 Å². The van der Waals surface area contributed by atoms with Gasteiger partial charge in [0.05, 0.1) is 25.2 Å². The van der Waals surface area contributed by atoms with E-state index in [1.807, 2.05) is 0 Å².